The Balaban J connectivity index is 1.35. The first-order chi connectivity index (χ1) is 13.6. The number of aromatic nitrogens is 3. The van der Waals surface area contributed by atoms with Crippen molar-refractivity contribution in [3.63, 3.8) is 0 Å². The molecule has 2 amide bonds. The van der Waals surface area contributed by atoms with E-state index in [0.717, 1.165) is 12.1 Å². The Morgan fingerprint density at radius 3 is 2.79 bits per heavy atom. The van der Waals surface area contributed by atoms with Crippen LogP contribution in [0.5, 0.6) is 0 Å². The molecule has 7 nitrogen and oxygen atoms in total. The van der Waals surface area contributed by atoms with Crippen molar-refractivity contribution < 1.29 is 9.59 Å². The van der Waals surface area contributed by atoms with Crippen LogP contribution in [0.4, 0.5) is 0 Å². The molecular weight excluding hydrogens is 354 g/mol. The van der Waals surface area contributed by atoms with Gasteiger partial charge in [0.05, 0.1) is 12.0 Å². The quantitative estimate of drug-likeness (QED) is 0.713. The normalized spacial score (nSPS) is 17.8. The Morgan fingerprint density at radius 1 is 1.18 bits per heavy atom. The fourth-order valence-corrected chi connectivity index (χ4v) is 3.62. The van der Waals surface area contributed by atoms with Crippen molar-refractivity contribution in [2.24, 2.45) is 5.92 Å². The van der Waals surface area contributed by atoms with Crippen molar-refractivity contribution in [1.82, 2.24) is 24.8 Å². The number of benzene rings is 1. The van der Waals surface area contributed by atoms with Gasteiger partial charge in [-0.2, -0.15) is 0 Å². The smallest absolute Gasteiger partial charge is 0.226 e. The van der Waals surface area contributed by atoms with Gasteiger partial charge in [-0.1, -0.05) is 36.4 Å². The first kappa shape index (κ1) is 18.2. The minimum absolute atomic E-state index is 0.0386. The fraction of sp³-hybridized carbons (Fsp3) is 0.333. The van der Waals surface area contributed by atoms with E-state index in [2.05, 4.69) is 27.6 Å². The van der Waals surface area contributed by atoms with E-state index >= 15 is 0 Å². The summed E-state index contributed by atoms with van der Waals surface area (Å²) in [5.74, 6) is 0.270. The summed E-state index contributed by atoms with van der Waals surface area (Å²) in [7, 11) is 0. The molecule has 4 rings (SSSR count). The Labute approximate surface area is 163 Å². The lowest BCUT2D eigenvalue weighted by atomic mass is 10.1. The summed E-state index contributed by atoms with van der Waals surface area (Å²) in [5.41, 5.74) is 1.93. The number of amides is 2. The van der Waals surface area contributed by atoms with E-state index in [4.69, 9.17) is 0 Å². The summed E-state index contributed by atoms with van der Waals surface area (Å²) < 4.78 is 1.86. The average molecular weight is 377 g/mol. The van der Waals surface area contributed by atoms with Gasteiger partial charge < -0.3 is 10.2 Å². The van der Waals surface area contributed by atoms with Crippen LogP contribution in [0.3, 0.4) is 0 Å². The molecule has 0 radical (unpaired) electrons. The van der Waals surface area contributed by atoms with Crippen LogP contribution in [0, 0.1) is 5.92 Å². The SMILES string of the molecule is CC(NC(=O)C1CC(=O)N(CCc2ccccc2)C1)c1nnc2ccccn12. The molecule has 7 heteroatoms. The molecule has 3 aromatic rings. The molecule has 1 aromatic carbocycles. The zero-order valence-corrected chi connectivity index (χ0v) is 15.8. The molecule has 1 saturated heterocycles. The van der Waals surface area contributed by atoms with Crippen LogP contribution in [0.15, 0.2) is 54.7 Å². The van der Waals surface area contributed by atoms with Gasteiger partial charge in [-0.05, 0) is 31.0 Å². The molecule has 1 aliphatic rings. The molecular formula is C21H23N5O2. The molecule has 1 fully saturated rings. The van der Waals surface area contributed by atoms with E-state index < -0.39 is 0 Å². The minimum Gasteiger partial charge on any atom is -0.346 e. The molecule has 144 valence electrons. The third-order valence-corrected chi connectivity index (χ3v) is 5.18. The number of nitrogens with zero attached hydrogens (tertiary/aromatic N) is 4. The summed E-state index contributed by atoms with van der Waals surface area (Å²) in [6.45, 7) is 2.98. The number of carbonyl (C=O) groups is 2. The van der Waals surface area contributed by atoms with E-state index in [0.29, 0.717) is 18.9 Å². The maximum atomic E-state index is 12.7. The maximum absolute atomic E-state index is 12.7. The highest BCUT2D eigenvalue weighted by Crippen LogP contribution is 2.20. The molecule has 2 unspecified atom stereocenters. The third kappa shape index (κ3) is 3.74. The molecule has 3 heterocycles. The summed E-state index contributed by atoms with van der Waals surface area (Å²) in [5, 5.41) is 11.3. The highest BCUT2D eigenvalue weighted by Gasteiger charge is 2.34. The van der Waals surface area contributed by atoms with Crippen molar-refractivity contribution in [1.29, 1.82) is 0 Å². The Bertz CT molecular complexity index is 985. The van der Waals surface area contributed by atoms with Gasteiger partial charge in [0, 0.05) is 25.7 Å². The van der Waals surface area contributed by atoms with E-state index in [1.54, 1.807) is 4.90 Å². The second-order valence-corrected chi connectivity index (χ2v) is 7.19. The molecule has 0 saturated carbocycles. The minimum atomic E-state index is -0.329. The van der Waals surface area contributed by atoms with Crippen molar-refractivity contribution >= 4 is 17.5 Å². The fourth-order valence-electron chi connectivity index (χ4n) is 3.62. The topological polar surface area (TPSA) is 79.6 Å². The van der Waals surface area contributed by atoms with Crippen molar-refractivity contribution in [3.05, 3.63) is 66.1 Å². The Kier molecular flexibility index (Phi) is 5.06. The first-order valence-electron chi connectivity index (χ1n) is 9.53. The van der Waals surface area contributed by atoms with Crippen LogP contribution < -0.4 is 5.32 Å². The zero-order valence-electron chi connectivity index (χ0n) is 15.8. The number of rotatable bonds is 6. The van der Waals surface area contributed by atoms with E-state index in [-0.39, 0.29) is 30.2 Å². The monoisotopic (exact) mass is 377 g/mol. The van der Waals surface area contributed by atoms with Gasteiger partial charge in [0.1, 0.15) is 0 Å². The Hall–Kier alpha value is -3.22. The second kappa shape index (κ2) is 7.80. The first-order valence-corrected chi connectivity index (χ1v) is 9.53. The van der Waals surface area contributed by atoms with Crippen molar-refractivity contribution in [2.75, 3.05) is 13.1 Å². The standard InChI is InChI=1S/C21H23N5O2/c1-15(20-24-23-18-9-5-6-11-26(18)20)22-21(28)17-13-19(27)25(14-17)12-10-16-7-3-2-4-8-16/h2-9,11,15,17H,10,12-14H2,1H3,(H,22,28). The van der Waals surface area contributed by atoms with Gasteiger partial charge in [-0.25, -0.2) is 0 Å². The summed E-state index contributed by atoms with van der Waals surface area (Å²) in [6, 6.07) is 15.4. The highest BCUT2D eigenvalue weighted by atomic mass is 16.2. The summed E-state index contributed by atoms with van der Waals surface area (Å²) >= 11 is 0. The van der Waals surface area contributed by atoms with Crippen LogP contribution in [0.2, 0.25) is 0 Å². The summed E-state index contributed by atoms with van der Waals surface area (Å²) in [4.78, 5) is 26.8. The van der Waals surface area contributed by atoms with Crippen LogP contribution in [0.1, 0.15) is 30.8 Å². The lowest BCUT2D eigenvalue weighted by molar-refractivity contribution is -0.129. The maximum Gasteiger partial charge on any atom is 0.226 e. The van der Waals surface area contributed by atoms with Gasteiger partial charge >= 0.3 is 0 Å². The number of carbonyl (C=O) groups excluding carboxylic acids is 2. The number of likely N-dealkylation sites (tertiary alicyclic amines) is 1. The lowest BCUT2D eigenvalue weighted by Gasteiger charge is -2.18. The van der Waals surface area contributed by atoms with E-state index in [1.165, 1.54) is 5.56 Å². The number of nitrogens with one attached hydrogen (secondary N) is 1. The van der Waals surface area contributed by atoms with E-state index in [9.17, 15) is 9.59 Å². The average Bonchev–Trinajstić information content (AvgIpc) is 3.31. The number of pyridine rings is 1. The van der Waals surface area contributed by atoms with Gasteiger partial charge in [0.15, 0.2) is 11.5 Å². The van der Waals surface area contributed by atoms with Crippen molar-refractivity contribution in [2.45, 2.75) is 25.8 Å². The molecule has 0 aliphatic carbocycles. The predicted molar refractivity (Wildman–Crippen MR) is 104 cm³/mol. The second-order valence-electron chi connectivity index (χ2n) is 7.19. The van der Waals surface area contributed by atoms with Gasteiger partial charge in [-0.3, -0.25) is 14.0 Å². The van der Waals surface area contributed by atoms with Gasteiger partial charge in [0.25, 0.3) is 0 Å². The third-order valence-electron chi connectivity index (χ3n) is 5.18. The highest BCUT2D eigenvalue weighted by molar-refractivity contribution is 5.89. The van der Waals surface area contributed by atoms with Crippen LogP contribution >= 0.6 is 0 Å². The molecule has 0 bridgehead atoms. The molecule has 1 N–H and O–H groups in total. The van der Waals surface area contributed by atoms with Gasteiger partial charge in [-0.15, -0.1) is 10.2 Å². The number of fused-ring (bicyclic) bond motifs is 1. The molecule has 1 aliphatic heterocycles. The lowest BCUT2D eigenvalue weighted by Crippen LogP contribution is -2.35. The van der Waals surface area contributed by atoms with Crippen LogP contribution in [-0.2, 0) is 16.0 Å². The molecule has 28 heavy (non-hydrogen) atoms. The molecule has 0 spiro atoms. The molecule has 2 aromatic heterocycles. The number of hydrogen-bond acceptors (Lipinski definition) is 4. The Morgan fingerprint density at radius 2 is 1.96 bits per heavy atom. The number of hydrogen-bond donors (Lipinski definition) is 1. The van der Waals surface area contributed by atoms with E-state index in [1.807, 2.05) is 53.9 Å². The largest absolute Gasteiger partial charge is 0.346 e. The zero-order chi connectivity index (χ0) is 19.5. The van der Waals surface area contributed by atoms with Crippen molar-refractivity contribution in [3.8, 4) is 0 Å². The van der Waals surface area contributed by atoms with Crippen LogP contribution in [0.25, 0.3) is 5.65 Å². The predicted octanol–water partition coefficient (Wildman–Crippen LogP) is 2.00. The van der Waals surface area contributed by atoms with Gasteiger partial charge in [0.2, 0.25) is 11.8 Å². The van der Waals surface area contributed by atoms with Crippen LogP contribution in [-0.4, -0.2) is 44.4 Å². The summed E-state index contributed by atoms with van der Waals surface area (Å²) in [6.07, 6.45) is 2.93. The molecule has 2 atom stereocenters.